The Bertz CT molecular complexity index is 549. The van der Waals surface area contributed by atoms with Crippen LogP contribution in [-0.4, -0.2) is 17.1 Å². The highest BCUT2D eigenvalue weighted by molar-refractivity contribution is 6.31. The van der Waals surface area contributed by atoms with Crippen LogP contribution in [0.3, 0.4) is 0 Å². The first kappa shape index (κ1) is 12.9. The summed E-state index contributed by atoms with van der Waals surface area (Å²) in [5.74, 6) is 0.985. The Morgan fingerprint density at radius 2 is 2.11 bits per heavy atom. The standard InChI is InChI=1S/C12H11Cl2N3O/c1-18-10-11(14)16-7-17-12(10)15-6-8-3-2-4-9(13)5-8/h2-5,7H,6H2,1H3,(H,15,16,17). The van der Waals surface area contributed by atoms with Crippen molar-refractivity contribution in [3.05, 3.63) is 46.3 Å². The molecule has 0 radical (unpaired) electrons. The van der Waals surface area contributed by atoms with E-state index in [1.54, 1.807) is 0 Å². The van der Waals surface area contributed by atoms with E-state index in [1.165, 1.54) is 13.4 Å². The zero-order chi connectivity index (χ0) is 13.0. The summed E-state index contributed by atoms with van der Waals surface area (Å²) in [4.78, 5) is 7.93. The van der Waals surface area contributed by atoms with Crippen LogP contribution < -0.4 is 10.1 Å². The molecule has 0 amide bonds. The van der Waals surface area contributed by atoms with E-state index in [-0.39, 0.29) is 5.15 Å². The maximum Gasteiger partial charge on any atom is 0.198 e. The molecule has 0 aliphatic rings. The van der Waals surface area contributed by atoms with Gasteiger partial charge in [0.1, 0.15) is 6.33 Å². The first-order valence-corrected chi connectivity index (χ1v) is 5.99. The molecule has 0 unspecified atom stereocenters. The molecule has 4 nitrogen and oxygen atoms in total. The molecule has 2 rings (SSSR count). The summed E-state index contributed by atoms with van der Waals surface area (Å²) in [5, 5.41) is 4.10. The SMILES string of the molecule is COc1c(Cl)ncnc1NCc1cccc(Cl)c1. The van der Waals surface area contributed by atoms with Crippen molar-refractivity contribution in [1.29, 1.82) is 0 Å². The van der Waals surface area contributed by atoms with E-state index in [0.717, 1.165) is 5.56 Å². The average molecular weight is 284 g/mol. The lowest BCUT2D eigenvalue weighted by Crippen LogP contribution is -2.04. The Balaban J connectivity index is 2.13. The Labute approximate surface area is 115 Å². The number of rotatable bonds is 4. The zero-order valence-electron chi connectivity index (χ0n) is 9.65. The van der Waals surface area contributed by atoms with Gasteiger partial charge in [-0.15, -0.1) is 0 Å². The monoisotopic (exact) mass is 283 g/mol. The summed E-state index contributed by atoms with van der Waals surface area (Å²) in [7, 11) is 1.52. The largest absolute Gasteiger partial charge is 0.490 e. The van der Waals surface area contributed by atoms with E-state index in [4.69, 9.17) is 27.9 Å². The van der Waals surface area contributed by atoms with Crippen molar-refractivity contribution in [3.63, 3.8) is 0 Å². The number of hydrogen-bond acceptors (Lipinski definition) is 4. The minimum atomic E-state index is 0.279. The molecule has 0 spiro atoms. The van der Waals surface area contributed by atoms with Gasteiger partial charge >= 0.3 is 0 Å². The second-order valence-electron chi connectivity index (χ2n) is 3.53. The third kappa shape index (κ3) is 3.03. The van der Waals surface area contributed by atoms with Gasteiger partial charge < -0.3 is 10.1 Å². The van der Waals surface area contributed by atoms with Crippen molar-refractivity contribution in [1.82, 2.24) is 9.97 Å². The number of aromatic nitrogens is 2. The van der Waals surface area contributed by atoms with E-state index >= 15 is 0 Å². The van der Waals surface area contributed by atoms with E-state index in [9.17, 15) is 0 Å². The Morgan fingerprint density at radius 3 is 2.83 bits per heavy atom. The van der Waals surface area contributed by atoms with Crippen molar-refractivity contribution in [3.8, 4) is 5.75 Å². The van der Waals surface area contributed by atoms with Gasteiger partial charge in [-0.2, -0.15) is 0 Å². The number of halogens is 2. The van der Waals surface area contributed by atoms with Crippen LogP contribution in [0.15, 0.2) is 30.6 Å². The van der Waals surface area contributed by atoms with E-state index in [0.29, 0.717) is 23.1 Å². The molecule has 1 aromatic heterocycles. The summed E-state index contributed by atoms with van der Waals surface area (Å²) < 4.78 is 5.14. The fourth-order valence-electron chi connectivity index (χ4n) is 1.49. The van der Waals surface area contributed by atoms with E-state index < -0.39 is 0 Å². The minimum absolute atomic E-state index is 0.279. The second kappa shape index (κ2) is 5.89. The number of nitrogens with one attached hydrogen (secondary N) is 1. The smallest absolute Gasteiger partial charge is 0.198 e. The highest BCUT2D eigenvalue weighted by Gasteiger charge is 2.09. The quantitative estimate of drug-likeness (QED) is 0.874. The Kier molecular flexibility index (Phi) is 4.23. The van der Waals surface area contributed by atoms with Crippen LogP contribution in [0.25, 0.3) is 0 Å². The molecule has 0 atom stereocenters. The first-order valence-electron chi connectivity index (χ1n) is 5.23. The predicted molar refractivity (Wildman–Crippen MR) is 72.4 cm³/mol. The molecule has 0 saturated carbocycles. The fraction of sp³-hybridized carbons (Fsp3) is 0.167. The van der Waals surface area contributed by atoms with Crippen molar-refractivity contribution in [2.45, 2.75) is 6.54 Å². The van der Waals surface area contributed by atoms with Crippen molar-refractivity contribution >= 4 is 29.0 Å². The summed E-state index contributed by atoms with van der Waals surface area (Å²) in [6.07, 6.45) is 1.38. The van der Waals surface area contributed by atoms with E-state index in [1.807, 2.05) is 24.3 Å². The molecule has 0 aliphatic carbocycles. The van der Waals surface area contributed by atoms with Crippen LogP contribution in [0.4, 0.5) is 5.82 Å². The van der Waals surface area contributed by atoms with Crippen LogP contribution in [0, 0.1) is 0 Å². The van der Waals surface area contributed by atoms with Crippen molar-refractivity contribution in [2.75, 3.05) is 12.4 Å². The minimum Gasteiger partial charge on any atom is -0.490 e. The molecule has 94 valence electrons. The van der Waals surface area contributed by atoms with Crippen LogP contribution in [-0.2, 0) is 6.54 Å². The van der Waals surface area contributed by atoms with E-state index in [2.05, 4.69) is 15.3 Å². The normalized spacial score (nSPS) is 10.2. The molecule has 1 heterocycles. The Morgan fingerprint density at radius 1 is 1.28 bits per heavy atom. The molecule has 6 heteroatoms. The topological polar surface area (TPSA) is 47.0 Å². The predicted octanol–water partition coefficient (Wildman–Crippen LogP) is 3.40. The highest BCUT2D eigenvalue weighted by atomic mass is 35.5. The van der Waals surface area contributed by atoms with Crippen LogP contribution in [0.2, 0.25) is 10.2 Å². The summed E-state index contributed by atoms with van der Waals surface area (Å²) in [6.45, 7) is 0.574. The first-order chi connectivity index (χ1) is 8.70. The van der Waals surface area contributed by atoms with Gasteiger partial charge in [0.25, 0.3) is 0 Å². The van der Waals surface area contributed by atoms with Crippen molar-refractivity contribution < 1.29 is 4.74 Å². The fourth-order valence-corrected chi connectivity index (χ4v) is 1.91. The van der Waals surface area contributed by atoms with Gasteiger partial charge in [0, 0.05) is 11.6 Å². The number of methoxy groups -OCH3 is 1. The number of anilines is 1. The number of nitrogens with zero attached hydrogens (tertiary/aromatic N) is 2. The molecule has 1 aromatic carbocycles. The third-order valence-electron chi connectivity index (χ3n) is 2.31. The van der Waals surface area contributed by atoms with Crippen LogP contribution in [0.5, 0.6) is 5.75 Å². The summed E-state index contributed by atoms with van der Waals surface area (Å²) in [5.41, 5.74) is 1.04. The number of ether oxygens (including phenoxy) is 1. The lowest BCUT2D eigenvalue weighted by molar-refractivity contribution is 0.413. The Hall–Kier alpha value is -1.52. The summed E-state index contributed by atoms with van der Waals surface area (Å²) >= 11 is 11.8. The average Bonchev–Trinajstić information content (AvgIpc) is 2.36. The van der Waals surface area contributed by atoms with Crippen LogP contribution >= 0.6 is 23.2 Å². The third-order valence-corrected chi connectivity index (χ3v) is 2.82. The number of benzene rings is 1. The lowest BCUT2D eigenvalue weighted by atomic mass is 10.2. The van der Waals surface area contributed by atoms with Gasteiger partial charge in [-0.05, 0) is 17.7 Å². The molecule has 18 heavy (non-hydrogen) atoms. The molecule has 0 saturated heterocycles. The van der Waals surface area contributed by atoms with Crippen LogP contribution in [0.1, 0.15) is 5.56 Å². The molecule has 2 aromatic rings. The van der Waals surface area contributed by atoms with Gasteiger partial charge in [0.2, 0.25) is 0 Å². The lowest BCUT2D eigenvalue weighted by Gasteiger charge is -2.10. The maximum atomic E-state index is 5.91. The maximum absolute atomic E-state index is 5.91. The summed E-state index contributed by atoms with van der Waals surface area (Å²) in [6, 6.07) is 7.56. The molecular formula is C12H11Cl2N3O. The molecular weight excluding hydrogens is 273 g/mol. The van der Waals surface area contributed by atoms with Gasteiger partial charge in [0.15, 0.2) is 16.7 Å². The molecule has 1 N–H and O–H groups in total. The molecule has 0 aliphatic heterocycles. The second-order valence-corrected chi connectivity index (χ2v) is 4.32. The number of hydrogen-bond donors (Lipinski definition) is 1. The van der Waals surface area contributed by atoms with Gasteiger partial charge in [-0.25, -0.2) is 9.97 Å². The van der Waals surface area contributed by atoms with Gasteiger partial charge in [-0.1, -0.05) is 35.3 Å². The van der Waals surface area contributed by atoms with Crippen molar-refractivity contribution in [2.24, 2.45) is 0 Å². The molecule has 0 bridgehead atoms. The molecule has 0 fully saturated rings. The highest BCUT2D eigenvalue weighted by Crippen LogP contribution is 2.28. The van der Waals surface area contributed by atoms with Gasteiger partial charge in [-0.3, -0.25) is 0 Å². The van der Waals surface area contributed by atoms with Gasteiger partial charge in [0.05, 0.1) is 7.11 Å². The zero-order valence-corrected chi connectivity index (χ0v) is 11.2.